The van der Waals surface area contributed by atoms with Crippen LogP contribution in [0, 0.1) is 0 Å². The van der Waals surface area contributed by atoms with Gasteiger partial charge in [-0.05, 0) is 48.4 Å². The van der Waals surface area contributed by atoms with Crippen LogP contribution in [-0.4, -0.2) is 59.7 Å². The van der Waals surface area contributed by atoms with Gasteiger partial charge in [0.2, 0.25) is 10.0 Å². The normalized spacial score (nSPS) is 15.5. The maximum atomic E-state index is 12.8. The number of benzene rings is 2. The molecule has 0 spiro atoms. The summed E-state index contributed by atoms with van der Waals surface area (Å²) in [5.74, 6) is 0.367. The van der Waals surface area contributed by atoms with Gasteiger partial charge in [-0.25, -0.2) is 13.1 Å². The quantitative estimate of drug-likeness (QED) is 0.687. The van der Waals surface area contributed by atoms with Crippen molar-refractivity contribution in [3.05, 3.63) is 53.1 Å². The van der Waals surface area contributed by atoms with Crippen molar-refractivity contribution >= 4 is 27.3 Å². The molecular weight excluding hydrogens is 410 g/mol. The minimum Gasteiger partial charge on any atom is -0.495 e. The summed E-state index contributed by atoms with van der Waals surface area (Å²) in [6.45, 7) is 6.61. The molecule has 29 heavy (non-hydrogen) atoms. The smallest absolute Gasteiger partial charge is 0.244 e. The molecule has 0 atom stereocenters. The van der Waals surface area contributed by atoms with Gasteiger partial charge >= 0.3 is 0 Å². The fourth-order valence-corrected chi connectivity index (χ4v) is 4.81. The van der Waals surface area contributed by atoms with Gasteiger partial charge in [-0.1, -0.05) is 24.6 Å². The summed E-state index contributed by atoms with van der Waals surface area (Å²) >= 11 is 5.96. The van der Waals surface area contributed by atoms with E-state index in [1.807, 2.05) is 37.3 Å². The largest absolute Gasteiger partial charge is 0.495 e. The molecule has 1 N–H and O–H groups in total. The molecule has 8 heteroatoms. The molecular formula is C21H28ClN3O3S. The first-order valence-electron chi connectivity index (χ1n) is 9.82. The maximum absolute atomic E-state index is 12.8. The zero-order chi connectivity index (χ0) is 20.9. The fourth-order valence-electron chi connectivity index (χ4n) is 3.45. The summed E-state index contributed by atoms with van der Waals surface area (Å²) < 4.78 is 33.5. The van der Waals surface area contributed by atoms with E-state index < -0.39 is 10.0 Å². The van der Waals surface area contributed by atoms with E-state index in [-0.39, 0.29) is 4.90 Å². The molecule has 1 saturated heterocycles. The number of anilines is 1. The zero-order valence-corrected chi connectivity index (χ0v) is 18.5. The number of halogens is 1. The van der Waals surface area contributed by atoms with Crippen LogP contribution in [0.25, 0.3) is 0 Å². The number of piperazine rings is 1. The van der Waals surface area contributed by atoms with Crippen LogP contribution >= 0.6 is 11.6 Å². The molecule has 0 amide bonds. The Kier molecular flexibility index (Phi) is 7.40. The molecule has 0 unspecified atom stereocenters. The average molecular weight is 438 g/mol. The first kappa shape index (κ1) is 21.9. The Labute approximate surface area is 178 Å². The van der Waals surface area contributed by atoms with Crippen LogP contribution in [0.3, 0.4) is 0 Å². The van der Waals surface area contributed by atoms with E-state index in [4.69, 9.17) is 16.3 Å². The van der Waals surface area contributed by atoms with E-state index in [1.54, 1.807) is 12.1 Å². The average Bonchev–Trinajstić information content (AvgIpc) is 2.74. The van der Waals surface area contributed by atoms with Gasteiger partial charge in [-0.3, -0.25) is 4.90 Å². The number of hydrogen-bond acceptors (Lipinski definition) is 5. The third kappa shape index (κ3) is 5.63. The number of rotatable bonds is 8. The third-order valence-corrected chi connectivity index (χ3v) is 6.94. The van der Waals surface area contributed by atoms with Crippen molar-refractivity contribution in [3.63, 3.8) is 0 Å². The minimum absolute atomic E-state index is 0.201. The van der Waals surface area contributed by atoms with E-state index in [2.05, 4.69) is 14.5 Å². The van der Waals surface area contributed by atoms with Crippen molar-refractivity contribution in [1.29, 1.82) is 0 Å². The number of sulfonamides is 1. The van der Waals surface area contributed by atoms with Crippen LogP contribution in [-0.2, 0) is 16.4 Å². The van der Waals surface area contributed by atoms with Gasteiger partial charge in [0, 0.05) is 50.0 Å². The van der Waals surface area contributed by atoms with Crippen LogP contribution in [0.2, 0.25) is 5.02 Å². The molecule has 0 radical (unpaired) electrons. The van der Waals surface area contributed by atoms with Crippen molar-refractivity contribution in [1.82, 2.24) is 9.62 Å². The molecule has 1 heterocycles. The number of nitrogens with one attached hydrogen (secondary N) is 1. The van der Waals surface area contributed by atoms with E-state index in [0.29, 0.717) is 18.8 Å². The van der Waals surface area contributed by atoms with Crippen LogP contribution in [0.15, 0.2) is 47.4 Å². The molecule has 158 valence electrons. The molecule has 2 aromatic carbocycles. The standard InChI is InChI=1S/C21H28ClN3O3S/c1-3-17-4-9-20(28-2)21(16-17)29(26,27)23-10-11-24-12-14-25(15-13-24)19-7-5-18(22)6-8-19/h4-9,16,23H,3,10-15H2,1-2H3. The lowest BCUT2D eigenvalue weighted by Gasteiger charge is -2.36. The number of nitrogens with zero attached hydrogens (tertiary/aromatic N) is 2. The Morgan fingerprint density at radius 3 is 2.38 bits per heavy atom. The maximum Gasteiger partial charge on any atom is 0.244 e. The molecule has 1 aliphatic rings. The van der Waals surface area contributed by atoms with Gasteiger partial charge in [0.1, 0.15) is 10.6 Å². The van der Waals surface area contributed by atoms with Gasteiger partial charge in [0.25, 0.3) is 0 Å². The molecule has 0 aromatic heterocycles. The molecule has 1 aliphatic heterocycles. The second-order valence-electron chi connectivity index (χ2n) is 7.04. The highest BCUT2D eigenvalue weighted by molar-refractivity contribution is 7.89. The first-order chi connectivity index (χ1) is 13.9. The summed E-state index contributed by atoms with van der Waals surface area (Å²) in [4.78, 5) is 4.79. The topological polar surface area (TPSA) is 61.9 Å². The number of methoxy groups -OCH3 is 1. The summed E-state index contributed by atoms with van der Waals surface area (Å²) in [6, 6.07) is 13.2. The van der Waals surface area contributed by atoms with E-state index >= 15 is 0 Å². The Bertz CT molecular complexity index is 911. The molecule has 2 aromatic rings. The van der Waals surface area contributed by atoms with Crippen molar-refractivity contribution in [2.45, 2.75) is 18.2 Å². The Balaban J connectivity index is 1.52. The van der Waals surface area contributed by atoms with Crippen LogP contribution in [0.4, 0.5) is 5.69 Å². The summed E-state index contributed by atoms with van der Waals surface area (Å²) in [5, 5.41) is 0.737. The van der Waals surface area contributed by atoms with E-state index in [1.165, 1.54) is 7.11 Å². The highest BCUT2D eigenvalue weighted by atomic mass is 35.5. The van der Waals surface area contributed by atoms with Crippen molar-refractivity contribution in [2.24, 2.45) is 0 Å². The summed E-state index contributed by atoms with van der Waals surface area (Å²) in [7, 11) is -2.13. The second kappa shape index (κ2) is 9.80. The first-order valence-corrected chi connectivity index (χ1v) is 11.7. The van der Waals surface area contributed by atoms with Crippen molar-refractivity contribution < 1.29 is 13.2 Å². The molecule has 3 rings (SSSR count). The second-order valence-corrected chi connectivity index (χ2v) is 9.21. The number of aryl methyl sites for hydroxylation is 1. The lowest BCUT2D eigenvalue weighted by Crippen LogP contribution is -2.48. The van der Waals surface area contributed by atoms with Gasteiger partial charge < -0.3 is 9.64 Å². The molecule has 0 saturated carbocycles. The molecule has 0 bridgehead atoms. The van der Waals surface area contributed by atoms with Crippen LogP contribution in [0.5, 0.6) is 5.75 Å². The lowest BCUT2D eigenvalue weighted by atomic mass is 10.2. The Morgan fingerprint density at radius 1 is 1.07 bits per heavy atom. The Morgan fingerprint density at radius 2 is 1.76 bits per heavy atom. The number of hydrogen-bond donors (Lipinski definition) is 1. The van der Waals surface area contributed by atoms with Gasteiger partial charge in [-0.15, -0.1) is 0 Å². The molecule has 1 fully saturated rings. The van der Waals surface area contributed by atoms with E-state index in [9.17, 15) is 8.42 Å². The van der Waals surface area contributed by atoms with Gasteiger partial charge in [-0.2, -0.15) is 0 Å². The fraction of sp³-hybridized carbons (Fsp3) is 0.429. The van der Waals surface area contributed by atoms with Gasteiger partial charge in [0.15, 0.2) is 0 Å². The molecule has 6 nitrogen and oxygen atoms in total. The van der Waals surface area contributed by atoms with E-state index in [0.717, 1.165) is 48.9 Å². The predicted molar refractivity (Wildman–Crippen MR) is 118 cm³/mol. The zero-order valence-electron chi connectivity index (χ0n) is 16.9. The van der Waals surface area contributed by atoms with Crippen LogP contribution in [0.1, 0.15) is 12.5 Å². The molecule has 0 aliphatic carbocycles. The highest BCUT2D eigenvalue weighted by Crippen LogP contribution is 2.25. The summed E-state index contributed by atoms with van der Waals surface area (Å²) in [6.07, 6.45) is 0.768. The predicted octanol–water partition coefficient (Wildman–Crippen LogP) is 3.01. The Hall–Kier alpha value is -1.80. The third-order valence-electron chi connectivity index (χ3n) is 5.21. The SMILES string of the molecule is CCc1ccc(OC)c(S(=O)(=O)NCCN2CCN(c3ccc(Cl)cc3)CC2)c1. The highest BCUT2D eigenvalue weighted by Gasteiger charge is 2.21. The summed E-state index contributed by atoms with van der Waals surface area (Å²) in [5.41, 5.74) is 2.13. The van der Waals surface area contributed by atoms with Crippen LogP contribution < -0.4 is 14.4 Å². The van der Waals surface area contributed by atoms with Gasteiger partial charge in [0.05, 0.1) is 7.11 Å². The van der Waals surface area contributed by atoms with Crippen molar-refractivity contribution in [3.8, 4) is 5.75 Å². The number of ether oxygens (including phenoxy) is 1. The minimum atomic E-state index is -3.62. The van der Waals surface area contributed by atoms with Crippen molar-refractivity contribution in [2.75, 3.05) is 51.3 Å². The lowest BCUT2D eigenvalue weighted by molar-refractivity contribution is 0.262. The monoisotopic (exact) mass is 437 g/mol.